The van der Waals surface area contributed by atoms with E-state index in [9.17, 15) is 8.42 Å². The highest BCUT2D eigenvalue weighted by molar-refractivity contribution is 7.86. The maximum absolute atomic E-state index is 11.5. The van der Waals surface area contributed by atoms with E-state index in [0.717, 1.165) is 6.42 Å². The summed E-state index contributed by atoms with van der Waals surface area (Å²) in [7, 11) is 1.49. The average molecular weight is 208 g/mol. The molecule has 0 atom stereocenters. The topological polar surface area (TPSA) is 40.6 Å². The monoisotopic (exact) mass is 208 g/mol. The highest BCUT2D eigenvalue weighted by Crippen LogP contribution is 2.06. The van der Waals surface area contributed by atoms with Gasteiger partial charge < -0.3 is 0 Å². The Bertz CT molecular complexity index is 235. The van der Waals surface area contributed by atoms with Crippen LogP contribution in [0, 0.1) is 5.92 Å². The largest absolute Gasteiger partial charge is 0.281 e. The van der Waals surface area contributed by atoms with Gasteiger partial charge in [-0.2, -0.15) is 17.0 Å². The Balaban J connectivity index is 4.19. The fourth-order valence-corrected chi connectivity index (χ4v) is 1.73. The van der Waals surface area contributed by atoms with Gasteiger partial charge >= 0.3 is 0 Å². The number of rotatable bonds is 5. The van der Waals surface area contributed by atoms with Crippen LogP contribution in [-0.4, -0.2) is 44.7 Å². The number of hydrogen-bond acceptors (Lipinski definition) is 2. The standard InChI is InChI=1S/C8H20N2O2S/c1-8(2)6-7-10(5)13(11,12)9(3)4/h8H,6-7H2,1-5H3. The summed E-state index contributed by atoms with van der Waals surface area (Å²) in [6.45, 7) is 4.74. The third-order valence-corrected chi connectivity index (χ3v) is 3.77. The summed E-state index contributed by atoms with van der Waals surface area (Å²) >= 11 is 0. The van der Waals surface area contributed by atoms with Crippen molar-refractivity contribution in [1.82, 2.24) is 8.61 Å². The Morgan fingerprint density at radius 1 is 1.15 bits per heavy atom. The van der Waals surface area contributed by atoms with Gasteiger partial charge in [0.25, 0.3) is 10.2 Å². The van der Waals surface area contributed by atoms with Crippen LogP contribution in [0.1, 0.15) is 20.3 Å². The highest BCUT2D eigenvalue weighted by atomic mass is 32.2. The van der Waals surface area contributed by atoms with Crippen molar-refractivity contribution in [2.75, 3.05) is 27.7 Å². The number of nitrogens with zero attached hydrogens (tertiary/aromatic N) is 2. The summed E-state index contributed by atoms with van der Waals surface area (Å²) in [5.41, 5.74) is 0. The lowest BCUT2D eigenvalue weighted by Gasteiger charge is -2.21. The Labute approximate surface area is 81.7 Å². The third-order valence-electron chi connectivity index (χ3n) is 1.88. The molecule has 0 saturated carbocycles. The first-order valence-corrected chi connectivity index (χ1v) is 5.82. The van der Waals surface area contributed by atoms with Crippen molar-refractivity contribution in [3.63, 3.8) is 0 Å². The quantitative estimate of drug-likeness (QED) is 0.669. The van der Waals surface area contributed by atoms with Crippen molar-refractivity contribution in [1.29, 1.82) is 0 Å². The van der Waals surface area contributed by atoms with Crippen molar-refractivity contribution in [2.45, 2.75) is 20.3 Å². The first kappa shape index (κ1) is 12.9. The molecule has 0 amide bonds. The van der Waals surface area contributed by atoms with Crippen LogP contribution < -0.4 is 0 Å². The Morgan fingerprint density at radius 3 is 1.92 bits per heavy atom. The molecule has 0 aliphatic carbocycles. The minimum absolute atomic E-state index is 0.528. The molecule has 0 bridgehead atoms. The van der Waals surface area contributed by atoms with Gasteiger partial charge in [-0.3, -0.25) is 0 Å². The summed E-state index contributed by atoms with van der Waals surface area (Å²) in [4.78, 5) is 0. The molecule has 0 N–H and O–H groups in total. The normalized spacial score (nSPS) is 13.2. The van der Waals surface area contributed by atoms with Crippen LogP contribution >= 0.6 is 0 Å². The zero-order valence-corrected chi connectivity index (χ0v) is 9.93. The summed E-state index contributed by atoms with van der Waals surface area (Å²) in [5, 5.41) is 0. The molecule has 80 valence electrons. The van der Waals surface area contributed by atoms with Gasteiger partial charge in [-0.1, -0.05) is 13.8 Å². The van der Waals surface area contributed by atoms with Crippen LogP contribution in [0.3, 0.4) is 0 Å². The molecule has 0 aliphatic heterocycles. The Morgan fingerprint density at radius 2 is 1.62 bits per heavy atom. The minimum Gasteiger partial charge on any atom is -0.195 e. The van der Waals surface area contributed by atoms with E-state index in [0.29, 0.717) is 12.5 Å². The smallest absolute Gasteiger partial charge is 0.195 e. The van der Waals surface area contributed by atoms with Crippen LogP contribution in [0.25, 0.3) is 0 Å². The second kappa shape index (κ2) is 4.93. The third kappa shape index (κ3) is 4.06. The molecular formula is C8H20N2O2S. The predicted molar refractivity (Wildman–Crippen MR) is 54.7 cm³/mol. The molecule has 0 unspecified atom stereocenters. The molecule has 0 aromatic carbocycles. The van der Waals surface area contributed by atoms with E-state index in [1.54, 1.807) is 21.1 Å². The fourth-order valence-electron chi connectivity index (χ4n) is 0.834. The molecular weight excluding hydrogens is 188 g/mol. The lowest BCUT2D eigenvalue weighted by molar-refractivity contribution is 0.393. The zero-order valence-electron chi connectivity index (χ0n) is 9.11. The summed E-state index contributed by atoms with van der Waals surface area (Å²) in [6.07, 6.45) is 0.892. The van der Waals surface area contributed by atoms with E-state index < -0.39 is 10.2 Å². The van der Waals surface area contributed by atoms with Crippen LogP contribution in [-0.2, 0) is 10.2 Å². The van der Waals surface area contributed by atoms with Crippen molar-refractivity contribution in [3.8, 4) is 0 Å². The van der Waals surface area contributed by atoms with Gasteiger partial charge in [0.1, 0.15) is 0 Å². The molecule has 0 radical (unpaired) electrons. The summed E-state index contributed by atoms with van der Waals surface area (Å²) in [6, 6.07) is 0. The first-order chi connectivity index (χ1) is 5.78. The van der Waals surface area contributed by atoms with Crippen LogP contribution in [0.2, 0.25) is 0 Å². The van der Waals surface area contributed by atoms with E-state index in [2.05, 4.69) is 13.8 Å². The second-order valence-corrected chi connectivity index (χ2v) is 6.04. The molecule has 13 heavy (non-hydrogen) atoms. The molecule has 4 nitrogen and oxygen atoms in total. The van der Waals surface area contributed by atoms with Gasteiger partial charge in [0.05, 0.1) is 0 Å². The Kier molecular flexibility index (Phi) is 4.88. The van der Waals surface area contributed by atoms with E-state index in [1.807, 2.05) is 0 Å². The highest BCUT2D eigenvalue weighted by Gasteiger charge is 2.19. The van der Waals surface area contributed by atoms with Crippen molar-refractivity contribution in [2.24, 2.45) is 5.92 Å². The maximum atomic E-state index is 11.5. The molecule has 0 spiro atoms. The lowest BCUT2D eigenvalue weighted by atomic mass is 10.1. The SMILES string of the molecule is CC(C)CCN(C)S(=O)(=O)N(C)C. The summed E-state index contributed by atoms with van der Waals surface area (Å²) in [5.74, 6) is 0.528. The van der Waals surface area contributed by atoms with Crippen molar-refractivity contribution < 1.29 is 8.42 Å². The fraction of sp³-hybridized carbons (Fsp3) is 1.00. The molecule has 0 fully saturated rings. The van der Waals surface area contributed by atoms with Gasteiger partial charge in [0, 0.05) is 27.7 Å². The molecule has 0 heterocycles. The lowest BCUT2D eigenvalue weighted by Crippen LogP contribution is -2.38. The van der Waals surface area contributed by atoms with E-state index in [4.69, 9.17) is 0 Å². The van der Waals surface area contributed by atoms with Gasteiger partial charge in [-0.05, 0) is 12.3 Å². The van der Waals surface area contributed by atoms with Crippen LogP contribution in [0.5, 0.6) is 0 Å². The Hall–Kier alpha value is -0.130. The summed E-state index contributed by atoms with van der Waals surface area (Å²) < 4.78 is 25.6. The zero-order chi connectivity index (χ0) is 10.6. The molecule has 0 aliphatic rings. The van der Waals surface area contributed by atoms with Crippen molar-refractivity contribution in [3.05, 3.63) is 0 Å². The van der Waals surface area contributed by atoms with Gasteiger partial charge in [0.2, 0.25) is 0 Å². The molecule has 0 aromatic rings. The maximum Gasteiger partial charge on any atom is 0.281 e. The van der Waals surface area contributed by atoms with E-state index in [1.165, 1.54) is 8.61 Å². The number of hydrogen-bond donors (Lipinski definition) is 0. The van der Waals surface area contributed by atoms with Crippen molar-refractivity contribution >= 4 is 10.2 Å². The predicted octanol–water partition coefficient (Wildman–Crippen LogP) is 0.771. The van der Waals surface area contributed by atoms with Crippen LogP contribution in [0.4, 0.5) is 0 Å². The van der Waals surface area contributed by atoms with E-state index in [-0.39, 0.29) is 0 Å². The second-order valence-electron chi connectivity index (χ2n) is 3.79. The first-order valence-electron chi connectivity index (χ1n) is 4.42. The molecule has 0 saturated heterocycles. The average Bonchev–Trinajstić information content (AvgIpc) is 1.99. The van der Waals surface area contributed by atoms with Crippen LogP contribution in [0.15, 0.2) is 0 Å². The molecule has 5 heteroatoms. The van der Waals surface area contributed by atoms with Gasteiger partial charge in [-0.15, -0.1) is 0 Å². The minimum atomic E-state index is -3.21. The van der Waals surface area contributed by atoms with Gasteiger partial charge in [0.15, 0.2) is 0 Å². The molecule has 0 rings (SSSR count). The molecule has 0 aromatic heterocycles. The van der Waals surface area contributed by atoms with E-state index >= 15 is 0 Å². The van der Waals surface area contributed by atoms with Gasteiger partial charge in [-0.25, -0.2) is 0 Å².